The minimum Gasteiger partial charge on any atom is -0.366 e. The van der Waals surface area contributed by atoms with Crippen LogP contribution in [0.4, 0.5) is 5.82 Å². The van der Waals surface area contributed by atoms with Crippen LogP contribution >= 0.6 is 15.9 Å². The molecule has 0 saturated carbocycles. The lowest BCUT2D eigenvalue weighted by Crippen LogP contribution is -2.27. The predicted molar refractivity (Wildman–Crippen MR) is 76.8 cm³/mol. The molecule has 0 saturated heterocycles. The van der Waals surface area contributed by atoms with Crippen molar-refractivity contribution in [3.8, 4) is 0 Å². The van der Waals surface area contributed by atoms with Crippen LogP contribution in [-0.2, 0) is 19.9 Å². The summed E-state index contributed by atoms with van der Waals surface area (Å²) in [5.74, 6) is 0.975. The third kappa shape index (κ3) is 2.43. The van der Waals surface area contributed by atoms with E-state index in [1.807, 2.05) is 24.0 Å². The summed E-state index contributed by atoms with van der Waals surface area (Å²) in [5.41, 5.74) is 2.93. The first-order chi connectivity index (χ1) is 8.70. The zero-order chi connectivity index (χ0) is 12.5. The molecule has 1 aliphatic carbocycles. The van der Waals surface area contributed by atoms with E-state index < -0.39 is 0 Å². The second kappa shape index (κ2) is 4.76. The van der Waals surface area contributed by atoms with Crippen molar-refractivity contribution in [2.75, 3.05) is 5.32 Å². The lowest BCUT2D eigenvalue weighted by atomic mass is 9.88. The summed E-state index contributed by atoms with van der Waals surface area (Å²) in [6.07, 6.45) is 5.36. The smallest absolute Gasteiger partial charge is 0.148 e. The monoisotopic (exact) mass is 305 g/mol. The first kappa shape index (κ1) is 11.8. The molecule has 0 amide bonds. The van der Waals surface area contributed by atoms with Crippen LogP contribution in [0, 0.1) is 0 Å². The van der Waals surface area contributed by atoms with Crippen LogP contribution in [0.1, 0.15) is 17.5 Å². The molecule has 2 aromatic rings. The number of anilines is 1. The first-order valence-corrected chi connectivity index (χ1v) is 7.03. The maximum absolute atomic E-state index is 4.37. The van der Waals surface area contributed by atoms with Gasteiger partial charge in [0.05, 0.1) is 0 Å². The highest BCUT2D eigenvalue weighted by molar-refractivity contribution is 9.10. The van der Waals surface area contributed by atoms with Crippen molar-refractivity contribution in [1.29, 1.82) is 0 Å². The number of hydrogen-bond acceptors (Lipinski definition) is 2. The van der Waals surface area contributed by atoms with Crippen molar-refractivity contribution in [2.24, 2.45) is 7.05 Å². The van der Waals surface area contributed by atoms with Crippen LogP contribution in [0.3, 0.4) is 0 Å². The van der Waals surface area contributed by atoms with Gasteiger partial charge < -0.3 is 5.32 Å². The molecule has 0 bridgehead atoms. The molecule has 1 aliphatic rings. The second-order valence-corrected chi connectivity index (χ2v) is 5.79. The molecular weight excluding hydrogens is 290 g/mol. The molecule has 1 unspecified atom stereocenters. The number of halogens is 1. The summed E-state index contributed by atoms with van der Waals surface area (Å²) in [7, 11) is 1.94. The molecule has 0 fully saturated rings. The minimum atomic E-state index is 0.494. The summed E-state index contributed by atoms with van der Waals surface area (Å²) in [6.45, 7) is 0. The number of hydrogen-bond donors (Lipinski definition) is 1. The number of aryl methyl sites for hydroxylation is 2. The number of aromatic nitrogens is 2. The van der Waals surface area contributed by atoms with E-state index in [0.717, 1.165) is 18.7 Å². The van der Waals surface area contributed by atoms with Gasteiger partial charge >= 0.3 is 0 Å². The summed E-state index contributed by atoms with van der Waals surface area (Å²) < 4.78 is 3.01. The van der Waals surface area contributed by atoms with Crippen LogP contribution in [0.5, 0.6) is 0 Å². The van der Waals surface area contributed by atoms with Crippen molar-refractivity contribution in [2.45, 2.75) is 25.3 Å². The number of rotatable bonds is 2. The average molecular weight is 306 g/mol. The second-order valence-electron chi connectivity index (χ2n) is 4.87. The van der Waals surface area contributed by atoms with E-state index in [4.69, 9.17) is 0 Å². The topological polar surface area (TPSA) is 29.9 Å². The fourth-order valence-electron chi connectivity index (χ4n) is 2.55. The molecule has 4 heteroatoms. The number of nitrogens with zero attached hydrogens (tertiary/aromatic N) is 2. The third-order valence-corrected chi connectivity index (χ3v) is 3.96. The van der Waals surface area contributed by atoms with Crippen molar-refractivity contribution >= 4 is 21.7 Å². The quantitative estimate of drug-likeness (QED) is 0.923. The van der Waals surface area contributed by atoms with E-state index in [2.05, 4.69) is 44.5 Å². The maximum atomic E-state index is 4.37. The molecule has 1 aromatic carbocycles. The van der Waals surface area contributed by atoms with Gasteiger partial charge in [-0.05, 0) is 42.5 Å². The summed E-state index contributed by atoms with van der Waals surface area (Å²) in [4.78, 5) is 0. The van der Waals surface area contributed by atoms with Gasteiger partial charge in [-0.15, -0.1) is 0 Å². The molecule has 1 atom stereocenters. The predicted octanol–water partition coefficient (Wildman–Crippen LogP) is 3.15. The van der Waals surface area contributed by atoms with Crippen molar-refractivity contribution < 1.29 is 0 Å². The van der Waals surface area contributed by atoms with Gasteiger partial charge in [0, 0.05) is 29.8 Å². The number of benzene rings is 1. The largest absolute Gasteiger partial charge is 0.366 e. The fourth-order valence-corrected chi connectivity index (χ4v) is 2.96. The summed E-state index contributed by atoms with van der Waals surface area (Å²) in [5, 5.41) is 7.89. The van der Waals surface area contributed by atoms with E-state index in [1.54, 1.807) is 0 Å². The highest BCUT2D eigenvalue weighted by atomic mass is 79.9. The molecule has 1 aromatic heterocycles. The van der Waals surface area contributed by atoms with E-state index >= 15 is 0 Å². The van der Waals surface area contributed by atoms with Gasteiger partial charge in [0.25, 0.3) is 0 Å². The van der Waals surface area contributed by atoms with E-state index in [9.17, 15) is 0 Å². The normalized spacial score (nSPS) is 18.4. The molecule has 3 rings (SSSR count). The van der Waals surface area contributed by atoms with E-state index in [0.29, 0.717) is 6.04 Å². The van der Waals surface area contributed by atoms with Crippen LogP contribution in [-0.4, -0.2) is 15.8 Å². The van der Waals surface area contributed by atoms with Gasteiger partial charge in [0.15, 0.2) is 0 Å². The van der Waals surface area contributed by atoms with E-state index in [-0.39, 0.29) is 0 Å². The molecular formula is C14H16BrN3. The zero-order valence-electron chi connectivity index (χ0n) is 10.4. The van der Waals surface area contributed by atoms with Crippen LogP contribution < -0.4 is 5.32 Å². The molecule has 18 heavy (non-hydrogen) atoms. The number of nitrogens with one attached hydrogen (secondary N) is 1. The zero-order valence-corrected chi connectivity index (χ0v) is 11.9. The molecule has 1 N–H and O–H groups in total. The van der Waals surface area contributed by atoms with Gasteiger partial charge in [0.2, 0.25) is 0 Å². The first-order valence-electron chi connectivity index (χ1n) is 6.24. The van der Waals surface area contributed by atoms with Crippen LogP contribution in [0.15, 0.2) is 34.9 Å². The van der Waals surface area contributed by atoms with Gasteiger partial charge in [-0.3, -0.25) is 4.68 Å². The van der Waals surface area contributed by atoms with Gasteiger partial charge in [-0.2, -0.15) is 5.10 Å². The molecule has 0 aliphatic heterocycles. The lowest BCUT2D eigenvalue weighted by Gasteiger charge is -2.25. The molecule has 0 spiro atoms. The van der Waals surface area contributed by atoms with Crippen molar-refractivity contribution in [3.05, 3.63) is 46.1 Å². The summed E-state index contributed by atoms with van der Waals surface area (Å²) in [6, 6.07) is 9.12. The molecule has 0 radical (unpaired) electrons. The highest BCUT2D eigenvalue weighted by Gasteiger charge is 2.19. The van der Waals surface area contributed by atoms with Crippen molar-refractivity contribution in [3.63, 3.8) is 0 Å². The third-order valence-electron chi connectivity index (χ3n) is 3.46. The maximum Gasteiger partial charge on any atom is 0.148 e. The highest BCUT2D eigenvalue weighted by Crippen LogP contribution is 2.26. The minimum absolute atomic E-state index is 0.494. The molecule has 1 heterocycles. The van der Waals surface area contributed by atoms with Gasteiger partial charge in [0.1, 0.15) is 5.82 Å². The van der Waals surface area contributed by atoms with Gasteiger partial charge in [-0.25, -0.2) is 0 Å². The Kier molecular flexibility index (Phi) is 3.12. The molecule has 3 nitrogen and oxygen atoms in total. The Bertz CT molecular complexity index is 562. The molecule has 94 valence electrons. The average Bonchev–Trinajstić information content (AvgIpc) is 2.75. The SMILES string of the molecule is Cn1ccc(NC2CCc3cc(Br)ccc3C2)n1. The Morgan fingerprint density at radius 1 is 1.33 bits per heavy atom. The Hall–Kier alpha value is -1.29. The Morgan fingerprint density at radius 2 is 2.22 bits per heavy atom. The number of fused-ring (bicyclic) bond motifs is 1. The summed E-state index contributed by atoms with van der Waals surface area (Å²) >= 11 is 3.53. The fraction of sp³-hybridized carbons (Fsp3) is 0.357. The lowest BCUT2D eigenvalue weighted by molar-refractivity contribution is 0.606. The Morgan fingerprint density at radius 3 is 3.00 bits per heavy atom. The Labute approximate surface area is 115 Å². The van der Waals surface area contributed by atoms with Crippen LogP contribution in [0.2, 0.25) is 0 Å². The Balaban J connectivity index is 1.73. The van der Waals surface area contributed by atoms with Crippen molar-refractivity contribution in [1.82, 2.24) is 9.78 Å². The van der Waals surface area contributed by atoms with Gasteiger partial charge in [-0.1, -0.05) is 22.0 Å². The van der Waals surface area contributed by atoms with Crippen LogP contribution in [0.25, 0.3) is 0 Å². The van der Waals surface area contributed by atoms with E-state index in [1.165, 1.54) is 22.0 Å². The standard InChI is InChI=1S/C14H16BrN3/c1-18-7-6-14(17-18)16-13-5-3-10-8-12(15)4-2-11(10)9-13/h2,4,6-8,13H,3,5,9H2,1H3,(H,16,17).